The highest BCUT2D eigenvalue weighted by atomic mass is 16.1. The van der Waals surface area contributed by atoms with Gasteiger partial charge in [0.2, 0.25) is 0 Å². The number of Topliss-reactive ketones (excluding diaryl/α,β-unsaturated/α-hetero) is 1. The van der Waals surface area contributed by atoms with Crippen molar-refractivity contribution in [3.05, 3.63) is 77.0 Å². The lowest BCUT2D eigenvalue weighted by atomic mass is 9.97. The van der Waals surface area contributed by atoms with Crippen LogP contribution >= 0.6 is 0 Å². The first kappa shape index (κ1) is 12.7. The summed E-state index contributed by atoms with van der Waals surface area (Å²) in [5.41, 5.74) is 4.91. The van der Waals surface area contributed by atoms with Gasteiger partial charge in [0.15, 0.2) is 5.78 Å². The Hall–Kier alpha value is -2.35. The van der Waals surface area contributed by atoms with Crippen LogP contribution in [0, 0.1) is 0 Å². The molecule has 0 unspecified atom stereocenters. The normalized spacial score (nSPS) is 15.4. The van der Waals surface area contributed by atoms with E-state index >= 15 is 0 Å². The van der Waals surface area contributed by atoms with E-state index in [-0.39, 0.29) is 5.78 Å². The van der Waals surface area contributed by atoms with Gasteiger partial charge in [0.1, 0.15) is 0 Å². The lowest BCUT2D eigenvalue weighted by molar-refractivity contribution is 0.105. The van der Waals surface area contributed by atoms with E-state index in [1.807, 2.05) is 55.6 Å². The van der Waals surface area contributed by atoms with Gasteiger partial charge in [-0.15, -0.1) is 0 Å². The minimum atomic E-state index is 0.103. The highest BCUT2D eigenvalue weighted by Gasteiger charge is 2.23. The molecule has 0 fully saturated rings. The van der Waals surface area contributed by atoms with E-state index in [1.165, 1.54) is 5.56 Å². The maximum atomic E-state index is 12.8. The van der Waals surface area contributed by atoms with Gasteiger partial charge >= 0.3 is 0 Å². The Bertz CT molecular complexity index is 685. The van der Waals surface area contributed by atoms with Gasteiger partial charge in [0.25, 0.3) is 0 Å². The molecular formula is C18H17NO. The van der Waals surface area contributed by atoms with E-state index in [1.54, 1.807) is 0 Å². The van der Waals surface area contributed by atoms with E-state index in [2.05, 4.69) is 11.4 Å². The third-order valence-electron chi connectivity index (χ3n) is 3.65. The zero-order chi connectivity index (χ0) is 13.9. The number of carbonyl (C=O) groups excluding carboxylic acids is 1. The molecule has 2 nitrogen and oxygen atoms in total. The predicted octanol–water partition coefficient (Wildman–Crippen LogP) is 3.42. The van der Waals surface area contributed by atoms with Crippen LogP contribution in [-0.4, -0.2) is 12.3 Å². The van der Waals surface area contributed by atoms with Gasteiger partial charge in [-0.25, -0.2) is 0 Å². The average molecular weight is 263 g/mol. The summed E-state index contributed by atoms with van der Waals surface area (Å²) in [4.78, 5) is 12.8. The summed E-state index contributed by atoms with van der Waals surface area (Å²) in [6, 6.07) is 16.0. The summed E-state index contributed by atoms with van der Waals surface area (Å²) >= 11 is 0. The molecule has 3 rings (SSSR count). The Labute approximate surface area is 119 Å². The average Bonchev–Trinajstić information content (AvgIpc) is 2.60. The highest BCUT2D eigenvalue weighted by Crippen LogP contribution is 2.30. The predicted molar refractivity (Wildman–Crippen MR) is 81.7 cm³/mol. The monoisotopic (exact) mass is 263 g/mol. The van der Waals surface area contributed by atoms with E-state index < -0.39 is 0 Å². The minimum absolute atomic E-state index is 0.103. The van der Waals surface area contributed by atoms with Crippen molar-refractivity contribution in [3.63, 3.8) is 0 Å². The number of ketones is 1. The van der Waals surface area contributed by atoms with Gasteiger partial charge in [-0.3, -0.25) is 4.79 Å². The zero-order valence-corrected chi connectivity index (χ0v) is 11.5. The van der Waals surface area contributed by atoms with Crippen LogP contribution in [0.15, 0.2) is 54.7 Å². The lowest BCUT2D eigenvalue weighted by Gasteiger charge is -2.08. The smallest absolute Gasteiger partial charge is 0.195 e. The third kappa shape index (κ3) is 2.14. The molecule has 0 aromatic heterocycles. The fourth-order valence-electron chi connectivity index (χ4n) is 2.65. The molecule has 0 amide bonds. The molecule has 0 aliphatic heterocycles. The highest BCUT2D eigenvalue weighted by molar-refractivity contribution is 6.30. The molecule has 0 spiro atoms. The molecule has 0 radical (unpaired) electrons. The van der Waals surface area contributed by atoms with Crippen LogP contribution in [0.2, 0.25) is 0 Å². The molecule has 0 atom stereocenters. The van der Waals surface area contributed by atoms with Crippen molar-refractivity contribution in [2.24, 2.45) is 0 Å². The van der Waals surface area contributed by atoms with Crippen LogP contribution in [0.3, 0.4) is 0 Å². The molecule has 2 heteroatoms. The Morgan fingerprint density at radius 2 is 1.60 bits per heavy atom. The van der Waals surface area contributed by atoms with Crippen molar-refractivity contribution >= 4 is 11.4 Å². The van der Waals surface area contributed by atoms with Crippen molar-refractivity contribution in [3.8, 4) is 0 Å². The Morgan fingerprint density at radius 1 is 1.00 bits per heavy atom. The van der Waals surface area contributed by atoms with Crippen LogP contribution in [0.1, 0.15) is 34.0 Å². The molecule has 1 aliphatic carbocycles. The molecule has 0 saturated heterocycles. The maximum Gasteiger partial charge on any atom is 0.195 e. The number of hydrogen-bond donors (Lipinski definition) is 1. The fourth-order valence-corrected chi connectivity index (χ4v) is 2.65. The minimum Gasteiger partial charge on any atom is -0.391 e. The van der Waals surface area contributed by atoms with Crippen molar-refractivity contribution < 1.29 is 4.79 Å². The number of allylic oxidation sites excluding steroid dienone is 1. The van der Waals surface area contributed by atoms with Crippen LogP contribution < -0.4 is 5.32 Å². The van der Waals surface area contributed by atoms with Gasteiger partial charge < -0.3 is 5.32 Å². The maximum absolute atomic E-state index is 12.8. The molecule has 2 aromatic rings. The fraction of sp³-hybridized carbons (Fsp3) is 0.167. The molecule has 0 saturated carbocycles. The van der Waals surface area contributed by atoms with Gasteiger partial charge in [-0.05, 0) is 30.0 Å². The van der Waals surface area contributed by atoms with Gasteiger partial charge in [0.05, 0.1) is 0 Å². The standard InChI is InChI=1S/C18H17NO/c1-2-19-12-17-15-9-5-3-7-13(15)11-14-8-4-6-10-16(14)18(17)20/h3-10,12,19H,2,11H2,1H3/b17-12+. The lowest BCUT2D eigenvalue weighted by Crippen LogP contribution is -2.09. The number of fused-ring (bicyclic) bond motifs is 2. The van der Waals surface area contributed by atoms with Crippen LogP contribution in [0.4, 0.5) is 0 Å². The van der Waals surface area contributed by atoms with Crippen LogP contribution in [-0.2, 0) is 6.42 Å². The van der Waals surface area contributed by atoms with E-state index in [4.69, 9.17) is 0 Å². The van der Waals surface area contributed by atoms with Crippen molar-refractivity contribution in [2.45, 2.75) is 13.3 Å². The second-order valence-electron chi connectivity index (χ2n) is 4.94. The number of hydrogen-bond acceptors (Lipinski definition) is 2. The molecule has 1 aliphatic rings. The largest absolute Gasteiger partial charge is 0.391 e. The molecule has 0 heterocycles. The molecule has 1 N–H and O–H groups in total. The molecule has 20 heavy (non-hydrogen) atoms. The van der Waals surface area contributed by atoms with Crippen molar-refractivity contribution in [2.75, 3.05) is 6.54 Å². The van der Waals surface area contributed by atoms with Gasteiger partial charge in [0, 0.05) is 23.9 Å². The number of carbonyl (C=O) groups is 1. The summed E-state index contributed by atoms with van der Waals surface area (Å²) < 4.78 is 0. The van der Waals surface area contributed by atoms with Gasteiger partial charge in [-0.2, -0.15) is 0 Å². The molecule has 0 bridgehead atoms. The van der Waals surface area contributed by atoms with E-state index in [0.29, 0.717) is 0 Å². The Balaban J connectivity index is 2.22. The summed E-state index contributed by atoms with van der Waals surface area (Å²) in [5, 5.41) is 3.16. The molecular weight excluding hydrogens is 246 g/mol. The summed E-state index contributed by atoms with van der Waals surface area (Å²) in [6.07, 6.45) is 2.66. The summed E-state index contributed by atoms with van der Waals surface area (Å²) in [7, 11) is 0. The SMILES string of the molecule is CCN/C=C1/C(=O)c2ccccc2Cc2ccccc21. The number of rotatable bonds is 2. The van der Waals surface area contributed by atoms with Crippen LogP contribution in [0.5, 0.6) is 0 Å². The number of nitrogens with one attached hydrogen (secondary N) is 1. The first-order chi connectivity index (χ1) is 9.81. The first-order valence-electron chi connectivity index (χ1n) is 6.95. The van der Waals surface area contributed by atoms with Crippen LogP contribution in [0.25, 0.3) is 5.57 Å². The zero-order valence-electron chi connectivity index (χ0n) is 11.5. The number of benzene rings is 2. The van der Waals surface area contributed by atoms with Crippen molar-refractivity contribution in [1.82, 2.24) is 5.32 Å². The van der Waals surface area contributed by atoms with E-state index in [0.717, 1.165) is 35.2 Å². The third-order valence-corrected chi connectivity index (χ3v) is 3.65. The second kappa shape index (κ2) is 5.33. The summed E-state index contributed by atoms with van der Waals surface area (Å²) in [6.45, 7) is 2.83. The Kier molecular flexibility index (Phi) is 3.38. The molecule has 2 aromatic carbocycles. The summed E-state index contributed by atoms with van der Waals surface area (Å²) in [5.74, 6) is 0.103. The second-order valence-corrected chi connectivity index (χ2v) is 4.94. The Morgan fingerprint density at radius 3 is 2.30 bits per heavy atom. The quantitative estimate of drug-likeness (QED) is 0.841. The first-order valence-corrected chi connectivity index (χ1v) is 6.95. The van der Waals surface area contributed by atoms with E-state index in [9.17, 15) is 4.79 Å². The van der Waals surface area contributed by atoms with Gasteiger partial charge in [-0.1, -0.05) is 48.5 Å². The van der Waals surface area contributed by atoms with Crippen molar-refractivity contribution in [1.29, 1.82) is 0 Å². The topological polar surface area (TPSA) is 29.1 Å². The molecule has 100 valence electrons.